The summed E-state index contributed by atoms with van der Waals surface area (Å²) in [5, 5.41) is 21.7. The molecule has 14 heteroatoms. The number of imidazole rings is 1. The van der Waals surface area contributed by atoms with Gasteiger partial charge in [-0.2, -0.15) is 0 Å². The molecule has 2 fully saturated rings. The first-order valence-electron chi connectivity index (χ1n) is 10.5. The van der Waals surface area contributed by atoms with Gasteiger partial charge in [0.2, 0.25) is 0 Å². The molecule has 1 aromatic carbocycles. The van der Waals surface area contributed by atoms with Gasteiger partial charge in [0.05, 0.1) is 25.6 Å². The maximum atomic E-state index is 13.6. The molecule has 2 aliphatic rings. The maximum absolute atomic E-state index is 13.6. The van der Waals surface area contributed by atoms with Gasteiger partial charge < -0.3 is 20.7 Å². The van der Waals surface area contributed by atoms with Gasteiger partial charge in [-0.05, 0) is 24.6 Å². The number of aromatic nitrogens is 4. The lowest BCUT2D eigenvalue weighted by molar-refractivity contribution is -0.0953. The smallest absolute Gasteiger partial charge is 0.387 e. The van der Waals surface area contributed by atoms with E-state index in [1.807, 2.05) is 0 Å². The van der Waals surface area contributed by atoms with Gasteiger partial charge in [0, 0.05) is 6.42 Å². The number of nitrogen functional groups attached to an aromatic ring is 1. The topological polar surface area (TPSA) is 164 Å². The summed E-state index contributed by atoms with van der Waals surface area (Å²) in [5.41, 5.74) is 5.15. The van der Waals surface area contributed by atoms with E-state index in [0.29, 0.717) is 23.1 Å². The summed E-state index contributed by atoms with van der Waals surface area (Å²) in [6.07, 6.45) is -1.35. The van der Waals surface area contributed by atoms with Crippen LogP contribution in [0.5, 0.6) is 0 Å². The number of aliphatic hydroxyl groups excluding tert-OH is 1. The molecule has 3 aromatic rings. The van der Waals surface area contributed by atoms with Crippen LogP contribution in [0.25, 0.3) is 11.2 Å². The van der Waals surface area contributed by atoms with E-state index in [1.54, 1.807) is 6.07 Å². The Balaban J connectivity index is 1.31. The van der Waals surface area contributed by atoms with Crippen LogP contribution in [0.3, 0.4) is 0 Å². The van der Waals surface area contributed by atoms with Gasteiger partial charge in [-0.1, -0.05) is 12.1 Å². The highest BCUT2D eigenvalue weighted by atomic mass is 31.2. The van der Waals surface area contributed by atoms with Crippen LogP contribution in [0.2, 0.25) is 0 Å². The van der Waals surface area contributed by atoms with Crippen molar-refractivity contribution >= 4 is 24.8 Å². The Morgan fingerprint density at radius 2 is 2.21 bits per heavy atom. The molecular formula is C20H23FN5O7P. The molecule has 0 amide bonds. The molecule has 12 nitrogen and oxygen atoms in total. The third-order valence-corrected chi connectivity index (χ3v) is 7.37. The highest BCUT2D eigenvalue weighted by Gasteiger charge is 2.54. The zero-order chi connectivity index (χ0) is 24.1. The average molecular weight is 495 g/mol. The molecule has 0 aliphatic carbocycles. The summed E-state index contributed by atoms with van der Waals surface area (Å²) >= 11 is 0. The minimum absolute atomic E-state index is 0.0645. The molecule has 5 rings (SSSR count). The van der Waals surface area contributed by atoms with Crippen LogP contribution in [0.15, 0.2) is 36.9 Å². The predicted octanol–water partition coefficient (Wildman–Crippen LogP) is 1.86. The van der Waals surface area contributed by atoms with E-state index < -0.39 is 50.4 Å². The number of halogens is 1. The number of phosphoric ester groups is 1. The van der Waals surface area contributed by atoms with E-state index in [4.69, 9.17) is 24.0 Å². The number of phosphoric acid groups is 1. The normalized spacial score (nSPS) is 34.0. The van der Waals surface area contributed by atoms with Gasteiger partial charge in [-0.3, -0.25) is 18.1 Å². The molecule has 4 heterocycles. The fourth-order valence-corrected chi connectivity index (χ4v) is 5.49. The fraction of sp³-hybridized carbons (Fsp3) is 0.450. The monoisotopic (exact) mass is 495 g/mol. The molecule has 2 aliphatic heterocycles. The molecule has 1 unspecified atom stereocenters. The van der Waals surface area contributed by atoms with Crippen molar-refractivity contribution in [2.45, 2.75) is 43.5 Å². The van der Waals surface area contributed by atoms with Crippen molar-refractivity contribution in [1.82, 2.24) is 19.5 Å². The molecular weight excluding hydrogens is 472 g/mol. The average Bonchev–Trinajstić information content (AvgIpc) is 3.32. The molecule has 4 N–H and O–H groups in total. The second-order valence-corrected chi connectivity index (χ2v) is 9.92. The van der Waals surface area contributed by atoms with Gasteiger partial charge in [-0.15, -0.1) is 0 Å². The van der Waals surface area contributed by atoms with E-state index >= 15 is 0 Å². The van der Waals surface area contributed by atoms with Gasteiger partial charge in [0.15, 0.2) is 17.7 Å². The Bertz CT molecular complexity index is 1260. The van der Waals surface area contributed by atoms with Crippen molar-refractivity contribution in [3.8, 4) is 0 Å². The van der Waals surface area contributed by atoms with Crippen LogP contribution < -0.4 is 5.73 Å². The number of ether oxygens (including phenoxy) is 1. The number of nitrogens with zero attached hydrogens (tertiary/aromatic N) is 4. The number of hydrogen-bond donors (Lipinski definition) is 3. The molecule has 2 saturated heterocycles. The molecule has 6 atom stereocenters. The summed E-state index contributed by atoms with van der Waals surface area (Å²) in [6.45, 7) is 1.04. The Labute approximate surface area is 193 Å². The van der Waals surface area contributed by atoms with E-state index in [0.717, 1.165) is 0 Å². The summed E-state index contributed by atoms with van der Waals surface area (Å²) in [7, 11) is -4.05. The molecule has 34 heavy (non-hydrogen) atoms. The van der Waals surface area contributed by atoms with E-state index in [2.05, 4.69) is 15.0 Å². The van der Waals surface area contributed by atoms with Crippen LogP contribution in [0.1, 0.15) is 31.2 Å². The van der Waals surface area contributed by atoms with E-state index in [9.17, 15) is 19.2 Å². The third-order valence-electron chi connectivity index (χ3n) is 5.90. The second kappa shape index (κ2) is 8.61. The number of aliphatic hydroxyl groups is 2. The molecule has 0 saturated carbocycles. The predicted molar refractivity (Wildman–Crippen MR) is 115 cm³/mol. The van der Waals surface area contributed by atoms with E-state index in [-0.39, 0.29) is 12.4 Å². The number of hydrogen-bond acceptors (Lipinski definition) is 11. The molecule has 0 radical (unpaired) electrons. The first kappa shape index (κ1) is 23.2. The van der Waals surface area contributed by atoms with Crippen LogP contribution in [0.4, 0.5) is 10.2 Å². The van der Waals surface area contributed by atoms with Crippen molar-refractivity contribution in [3.63, 3.8) is 0 Å². The minimum Gasteiger partial charge on any atom is -0.387 e. The second-order valence-electron chi connectivity index (χ2n) is 8.29. The maximum Gasteiger partial charge on any atom is 0.475 e. The lowest BCUT2D eigenvalue weighted by Gasteiger charge is -2.30. The SMILES string of the molecule is C[C@@]1(O)[C@H](O)[C@@H](COP2(=O)OCC[C@@H](c3cccc(F)c3)O2)O[C@H]1n1cnc2c(N)ncnc21. The lowest BCUT2D eigenvalue weighted by Crippen LogP contribution is -2.44. The summed E-state index contributed by atoms with van der Waals surface area (Å²) in [6, 6.07) is 5.76. The van der Waals surface area contributed by atoms with Crippen molar-refractivity contribution < 1.29 is 37.5 Å². The minimum atomic E-state index is -4.05. The van der Waals surface area contributed by atoms with Crippen LogP contribution in [-0.4, -0.2) is 60.8 Å². The lowest BCUT2D eigenvalue weighted by atomic mass is 9.96. The standard InChI is InChI=1S/C20H23FN5O7P/c1-20(28)16(27)14(32-19(20)26-10-25-15-17(22)23-9-24-18(15)26)8-31-34(29)30-6-5-13(33-34)11-3-2-4-12(21)7-11/h2-4,7,9-10,13-14,16,19,27-28H,5-6,8H2,1H3,(H2,22,23,24)/t13-,14+,16+,19+,20+,34?/m0/s1. The van der Waals surface area contributed by atoms with Crippen molar-refractivity contribution in [2.24, 2.45) is 0 Å². The first-order valence-corrected chi connectivity index (χ1v) is 12.0. The highest BCUT2D eigenvalue weighted by molar-refractivity contribution is 7.48. The number of nitrogens with two attached hydrogens (primary N) is 1. The molecule has 0 spiro atoms. The number of benzene rings is 1. The third kappa shape index (κ3) is 4.09. The van der Waals surface area contributed by atoms with Crippen LogP contribution in [-0.2, 0) is 22.9 Å². The number of fused-ring (bicyclic) bond motifs is 1. The molecule has 0 bridgehead atoms. The van der Waals surface area contributed by atoms with Crippen molar-refractivity contribution in [2.75, 3.05) is 18.9 Å². The summed E-state index contributed by atoms with van der Waals surface area (Å²) in [4.78, 5) is 12.2. The van der Waals surface area contributed by atoms with Gasteiger partial charge in [-0.25, -0.2) is 23.9 Å². The quantitative estimate of drug-likeness (QED) is 0.443. The van der Waals surface area contributed by atoms with Crippen LogP contribution in [0, 0.1) is 5.82 Å². The van der Waals surface area contributed by atoms with E-state index in [1.165, 1.54) is 42.3 Å². The van der Waals surface area contributed by atoms with Crippen molar-refractivity contribution in [1.29, 1.82) is 0 Å². The molecule has 182 valence electrons. The van der Waals surface area contributed by atoms with Gasteiger partial charge in [0.1, 0.15) is 35.5 Å². The van der Waals surface area contributed by atoms with Crippen LogP contribution >= 0.6 is 7.82 Å². The Morgan fingerprint density at radius 1 is 1.38 bits per heavy atom. The van der Waals surface area contributed by atoms with Gasteiger partial charge >= 0.3 is 7.82 Å². The first-order chi connectivity index (χ1) is 16.2. The van der Waals surface area contributed by atoms with Gasteiger partial charge in [0.25, 0.3) is 0 Å². The number of rotatable bonds is 5. The summed E-state index contributed by atoms with van der Waals surface area (Å²) < 4.78 is 50.1. The Hall–Kier alpha value is -2.51. The highest BCUT2D eigenvalue weighted by Crippen LogP contribution is 2.57. The largest absolute Gasteiger partial charge is 0.475 e. The zero-order valence-corrected chi connectivity index (χ0v) is 18.9. The summed E-state index contributed by atoms with van der Waals surface area (Å²) in [5.74, 6) is -0.294. The molecule has 2 aromatic heterocycles. The fourth-order valence-electron chi connectivity index (χ4n) is 4.10. The number of anilines is 1. The Kier molecular flexibility index (Phi) is 5.89. The van der Waals surface area contributed by atoms with Crippen molar-refractivity contribution in [3.05, 3.63) is 48.3 Å². The zero-order valence-electron chi connectivity index (χ0n) is 18.0. The Morgan fingerprint density at radius 3 is 3.00 bits per heavy atom.